The fourth-order valence-electron chi connectivity index (χ4n) is 1.57. The average molecular weight is 254 g/mol. The number of hydrogen-bond acceptors (Lipinski definition) is 2. The van der Waals surface area contributed by atoms with Gasteiger partial charge in [-0.3, -0.25) is 4.68 Å². The SMILES string of the molecule is Cc1c2cc(Br)ccc2nn1CCN. The molecule has 0 aliphatic heterocycles. The van der Waals surface area contributed by atoms with Crippen molar-refractivity contribution in [3.8, 4) is 0 Å². The monoisotopic (exact) mass is 253 g/mol. The molecule has 0 aliphatic carbocycles. The summed E-state index contributed by atoms with van der Waals surface area (Å²) in [7, 11) is 0. The molecule has 0 unspecified atom stereocenters. The van der Waals surface area contributed by atoms with E-state index in [-0.39, 0.29) is 0 Å². The number of benzene rings is 1. The quantitative estimate of drug-likeness (QED) is 0.891. The molecule has 0 bridgehead atoms. The number of halogens is 1. The number of aromatic nitrogens is 2. The minimum absolute atomic E-state index is 0.621. The van der Waals surface area contributed by atoms with Gasteiger partial charge in [-0.25, -0.2) is 0 Å². The predicted octanol–water partition coefficient (Wildman–Crippen LogP) is 2.07. The Kier molecular flexibility index (Phi) is 2.56. The van der Waals surface area contributed by atoms with Crippen LogP contribution in [0.2, 0.25) is 0 Å². The minimum atomic E-state index is 0.621. The zero-order chi connectivity index (χ0) is 10.1. The molecule has 0 saturated carbocycles. The summed E-state index contributed by atoms with van der Waals surface area (Å²) >= 11 is 3.45. The first-order valence-electron chi connectivity index (χ1n) is 4.55. The van der Waals surface area contributed by atoms with Gasteiger partial charge < -0.3 is 5.73 Å². The van der Waals surface area contributed by atoms with Gasteiger partial charge in [0.2, 0.25) is 0 Å². The van der Waals surface area contributed by atoms with Crippen molar-refractivity contribution in [2.45, 2.75) is 13.5 Å². The standard InChI is InChI=1S/C10H12BrN3/c1-7-9-6-8(11)2-3-10(9)13-14(7)5-4-12/h2-3,6H,4-5,12H2,1H3. The number of aryl methyl sites for hydroxylation is 1. The Balaban J connectivity index is 2.62. The van der Waals surface area contributed by atoms with E-state index in [4.69, 9.17) is 5.73 Å². The van der Waals surface area contributed by atoms with E-state index < -0.39 is 0 Å². The molecule has 14 heavy (non-hydrogen) atoms. The Morgan fingerprint density at radius 1 is 1.50 bits per heavy atom. The number of nitrogens with two attached hydrogens (primary N) is 1. The summed E-state index contributed by atoms with van der Waals surface area (Å²) in [6, 6.07) is 6.10. The van der Waals surface area contributed by atoms with Crippen LogP contribution in [-0.2, 0) is 6.54 Å². The fourth-order valence-corrected chi connectivity index (χ4v) is 1.93. The van der Waals surface area contributed by atoms with E-state index in [1.807, 2.05) is 16.8 Å². The first-order chi connectivity index (χ1) is 6.72. The third kappa shape index (κ3) is 1.55. The van der Waals surface area contributed by atoms with Crippen molar-refractivity contribution in [1.29, 1.82) is 0 Å². The molecular formula is C10H12BrN3. The van der Waals surface area contributed by atoms with Gasteiger partial charge in [0.15, 0.2) is 0 Å². The Bertz CT molecular complexity index is 462. The van der Waals surface area contributed by atoms with Crippen LogP contribution in [0, 0.1) is 6.92 Å². The lowest BCUT2D eigenvalue weighted by Crippen LogP contribution is -2.11. The van der Waals surface area contributed by atoms with Crippen molar-refractivity contribution >= 4 is 26.8 Å². The van der Waals surface area contributed by atoms with Gasteiger partial charge in [0.25, 0.3) is 0 Å². The Morgan fingerprint density at radius 2 is 2.29 bits per heavy atom. The number of fused-ring (bicyclic) bond motifs is 1. The van der Waals surface area contributed by atoms with Crippen molar-refractivity contribution in [3.63, 3.8) is 0 Å². The van der Waals surface area contributed by atoms with E-state index in [0.29, 0.717) is 6.54 Å². The van der Waals surface area contributed by atoms with Gasteiger partial charge in [-0.2, -0.15) is 5.10 Å². The molecule has 3 nitrogen and oxygen atoms in total. The second-order valence-corrected chi connectivity index (χ2v) is 4.17. The molecule has 0 spiro atoms. The summed E-state index contributed by atoms with van der Waals surface area (Å²) in [4.78, 5) is 0. The number of nitrogens with zero attached hydrogens (tertiary/aromatic N) is 2. The van der Waals surface area contributed by atoms with Crippen molar-refractivity contribution in [2.75, 3.05) is 6.54 Å². The molecule has 1 heterocycles. The van der Waals surface area contributed by atoms with Crippen LogP contribution in [0.15, 0.2) is 22.7 Å². The smallest absolute Gasteiger partial charge is 0.0926 e. The van der Waals surface area contributed by atoms with Crippen LogP contribution in [0.25, 0.3) is 10.9 Å². The van der Waals surface area contributed by atoms with Crippen LogP contribution in [-0.4, -0.2) is 16.3 Å². The third-order valence-corrected chi connectivity index (χ3v) is 2.80. The maximum absolute atomic E-state index is 5.51. The van der Waals surface area contributed by atoms with Crippen LogP contribution < -0.4 is 5.73 Å². The number of hydrogen-bond donors (Lipinski definition) is 1. The largest absolute Gasteiger partial charge is 0.329 e. The van der Waals surface area contributed by atoms with E-state index in [2.05, 4.69) is 34.0 Å². The van der Waals surface area contributed by atoms with Crippen LogP contribution >= 0.6 is 15.9 Å². The molecule has 0 radical (unpaired) electrons. The topological polar surface area (TPSA) is 43.8 Å². The Labute approximate surface area is 91.0 Å². The second-order valence-electron chi connectivity index (χ2n) is 3.26. The normalized spacial score (nSPS) is 11.1. The molecule has 2 rings (SSSR count). The second kappa shape index (κ2) is 3.71. The highest BCUT2D eigenvalue weighted by Gasteiger charge is 2.06. The van der Waals surface area contributed by atoms with Crippen molar-refractivity contribution < 1.29 is 0 Å². The summed E-state index contributed by atoms with van der Waals surface area (Å²) in [5.41, 5.74) is 7.71. The molecule has 2 aromatic rings. The molecule has 0 aliphatic rings. The van der Waals surface area contributed by atoms with E-state index >= 15 is 0 Å². The minimum Gasteiger partial charge on any atom is -0.329 e. The van der Waals surface area contributed by atoms with Crippen LogP contribution in [0.3, 0.4) is 0 Å². The van der Waals surface area contributed by atoms with Gasteiger partial charge in [-0.1, -0.05) is 15.9 Å². The van der Waals surface area contributed by atoms with Crippen molar-refractivity contribution in [2.24, 2.45) is 5.73 Å². The lowest BCUT2D eigenvalue weighted by molar-refractivity contribution is 0.614. The maximum Gasteiger partial charge on any atom is 0.0926 e. The molecule has 0 atom stereocenters. The summed E-state index contributed by atoms with van der Waals surface area (Å²) < 4.78 is 3.04. The van der Waals surface area contributed by atoms with Gasteiger partial charge in [-0.05, 0) is 25.1 Å². The van der Waals surface area contributed by atoms with E-state index in [9.17, 15) is 0 Å². The molecule has 0 fully saturated rings. The molecule has 74 valence electrons. The fraction of sp³-hybridized carbons (Fsp3) is 0.300. The van der Waals surface area contributed by atoms with E-state index in [0.717, 1.165) is 16.5 Å². The average Bonchev–Trinajstić information content (AvgIpc) is 2.46. The van der Waals surface area contributed by atoms with Gasteiger partial charge in [0.1, 0.15) is 0 Å². The lowest BCUT2D eigenvalue weighted by atomic mass is 10.2. The third-order valence-electron chi connectivity index (χ3n) is 2.30. The summed E-state index contributed by atoms with van der Waals surface area (Å²) in [5, 5.41) is 5.65. The van der Waals surface area contributed by atoms with Gasteiger partial charge >= 0.3 is 0 Å². The zero-order valence-electron chi connectivity index (χ0n) is 8.00. The molecule has 4 heteroatoms. The highest BCUT2D eigenvalue weighted by molar-refractivity contribution is 9.10. The summed E-state index contributed by atoms with van der Waals surface area (Å²) in [5.74, 6) is 0. The molecule has 1 aromatic heterocycles. The molecule has 1 aromatic carbocycles. The van der Waals surface area contributed by atoms with Crippen molar-refractivity contribution in [1.82, 2.24) is 9.78 Å². The van der Waals surface area contributed by atoms with Crippen molar-refractivity contribution in [3.05, 3.63) is 28.4 Å². The number of rotatable bonds is 2. The first kappa shape index (κ1) is 9.68. The Morgan fingerprint density at radius 3 is 3.00 bits per heavy atom. The molecule has 0 saturated heterocycles. The van der Waals surface area contributed by atoms with Crippen LogP contribution in [0.4, 0.5) is 0 Å². The molecule has 2 N–H and O–H groups in total. The highest BCUT2D eigenvalue weighted by atomic mass is 79.9. The maximum atomic E-state index is 5.51. The van der Waals surface area contributed by atoms with Gasteiger partial charge in [-0.15, -0.1) is 0 Å². The van der Waals surface area contributed by atoms with Gasteiger partial charge in [0, 0.05) is 22.1 Å². The predicted molar refractivity (Wildman–Crippen MR) is 61.2 cm³/mol. The van der Waals surface area contributed by atoms with E-state index in [1.165, 1.54) is 11.1 Å². The van der Waals surface area contributed by atoms with E-state index in [1.54, 1.807) is 0 Å². The Hall–Kier alpha value is -0.870. The molecule has 0 amide bonds. The zero-order valence-corrected chi connectivity index (χ0v) is 9.58. The summed E-state index contributed by atoms with van der Waals surface area (Å²) in [6.07, 6.45) is 0. The van der Waals surface area contributed by atoms with Crippen LogP contribution in [0.1, 0.15) is 5.69 Å². The molecular weight excluding hydrogens is 242 g/mol. The lowest BCUT2D eigenvalue weighted by Gasteiger charge is -1.99. The first-order valence-corrected chi connectivity index (χ1v) is 5.34. The highest BCUT2D eigenvalue weighted by Crippen LogP contribution is 2.21. The van der Waals surface area contributed by atoms with Crippen LogP contribution in [0.5, 0.6) is 0 Å². The van der Waals surface area contributed by atoms with Gasteiger partial charge in [0.05, 0.1) is 12.1 Å². The summed E-state index contributed by atoms with van der Waals surface area (Å²) in [6.45, 7) is 3.46.